The van der Waals surface area contributed by atoms with Crippen LogP contribution in [0, 0.1) is 5.82 Å². The molecule has 0 bridgehead atoms. The lowest BCUT2D eigenvalue weighted by Gasteiger charge is -2.08. The molecular weight excluding hydrogens is 211 g/mol. The van der Waals surface area contributed by atoms with Gasteiger partial charge in [-0.25, -0.2) is 14.4 Å². The van der Waals surface area contributed by atoms with Crippen LogP contribution in [-0.4, -0.2) is 9.97 Å². The Bertz CT molecular complexity index is 430. The number of benzene rings is 1. The molecule has 1 unspecified atom stereocenters. The Morgan fingerprint density at radius 3 is 2.27 bits per heavy atom. The number of hydrogen-bond acceptors (Lipinski definition) is 3. The smallest absolute Gasteiger partial charge is 0.145 e. The van der Waals surface area contributed by atoms with Crippen LogP contribution >= 0.6 is 12.6 Å². The summed E-state index contributed by atoms with van der Waals surface area (Å²) in [6.07, 6.45) is 3.32. The zero-order chi connectivity index (χ0) is 10.7. The van der Waals surface area contributed by atoms with Crippen molar-refractivity contribution in [1.29, 1.82) is 0 Å². The van der Waals surface area contributed by atoms with Crippen LogP contribution in [0.1, 0.15) is 16.6 Å². The van der Waals surface area contributed by atoms with Crippen molar-refractivity contribution in [1.82, 2.24) is 9.97 Å². The fourth-order valence-electron chi connectivity index (χ4n) is 1.25. The molecule has 0 spiro atoms. The van der Waals surface area contributed by atoms with Crippen LogP contribution in [0.4, 0.5) is 4.39 Å². The van der Waals surface area contributed by atoms with Crippen molar-refractivity contribution in [3.63, 3.8) is 0 Å². The molecular formula is C11H9FN2S. The first-order valence-corrected chi connectivity index (χ1v) is 4.99. The number of hydrogen-bond donors (Lipinski definition) is 1. The van der Waals surface area contributed by atoms with Crippen molar-refractivity contribution in [2.45, 2.75) is 5.25 Å². The molecule has 0 radical (unpaired) electrons. The van der Waals surface area contributed by atoms with Crippen molar-refractivity contribution in [2.24, 2.45) is 0 Å². The van der Waals surface area contributed by atoms with E-state index in [2.05, 4.69) is 22.6 Å². The third-order valence-corrected chi connectivity index (χ3v) is 2.55. The molecule has 1 heterocycles. The molecule has 15 heavy (non-hydrogen) atoms. The minimum atomic E-state index is -0.256. The van der Waals surface area contributed by atoms with Crippen LogP contribution in [0.25, 0.3) is 0 Å². The van der Waals surface area contributed by atoms with Gasteiger partial charge in [-0.05, 0) is 23.8 Å². The Morgan fingerprint density at radius 1 is 1.07 bits per heavy atom. The van der Waals surface area contributed by atoms with Gasteiger partial charge >= 0.3 is 0 Å². The average Bonchev–Trinajstić information content (AvgIpc) is 2.30. The van der Waals surface area contributed by atoms with E-state index in [0.717, 1.165) is 5.56 Å². The molecule has 1 atom stereocenters. The highest BCUT2D eigenvalue weighted by molar-refractivity contribution is 7.80. The number of thiol groups is 1. The molecule has 1 aromatic carbocycles. The molecule has 0 aliphatic carbocycles. The van der Waals surface area contributed by atoms with Crippen molar-refractivity contribution in [2.75, 3.05) is 0 Å². The fraction of sp³-hybridized carbons (Fsp3) is 0.0909. The van der Waals surface area contributed by atoms with E-state index in [1.165, 1.54) is 12.1 Å². The quantitative estimate of drug-likeness (QED) is 0.787. The molecule has 2 nitrogen and oxygen atoms in total. The van der Waals surface area contributed by atoms with Crippen molar-refractivity contribution >= 4 is 12.6 Å². The molecule has 0 saturated carbocycles. The van der Waals surface area contributed by atoms with Gasteiger partial charge in [0.25, 0.3) is 0 Å². The second kappa shape index (κ2) is 4.40. The van der Waals surface area contributed by atoms with Gasteiger partial charge in [-0.15, -0.1) is 0 Å². The summed E-state index contributed by atoms with van der Waals surface area (Å²) in [6, 6.07) is 7.92. The number of aromatic nitrogens is 2. The summed E-state index contributed by atoms with van der Waals surface area (Å²) in [6.45, 7) is 0. The maximum absolute atomic E-state index is 12.7. The van der Waals surface area contributed by atoms with Gasteiger partial charge in [-0.1, -0.05) is 12.1 Å². The third kappa shape index (κ3) is 2.33. The molecule has 2 rings (SSSR count). The minimum Gasteiger partial charge on any atom is -0.240 e. The Morgan fingerprint density at radius 2 is 1.67 bits per heavy atom. The lowest BCUT2D eigenvalue weighted by Crippen LogP contribution is -1.99. The third-order valence-electron chi connectivity index (χ3n) is 2.02. The first-order chi connectivity index (χ1) is 7.27. The van der Waals surface area contributed by atoms with E-state index in [-0.39, 0.29) is 11.1 Å². The Balaban J connectivity index is 2.29. The molecule has 4 heteroatoms. The highest BCUT2D eigenvalue weighted by Crippen LogP contribution is 2.24. The molecule has 0 fully saturated rings. The summed E-state index contributed by atoms with van der Waals surface area (Å²) in [4.78, 5) is 8.19. The topological polar surface area (TPSA) is 25.8 Å². The second-order valence-electron chi connectivity index (χ2n) is 3.06. The first kappa shape index (κ1) is 10.1. The van der Waals surface area contributed by atoms with Crippen LogP contribution < -0.4 is 0 Å². The summed E-state index contributed by atoms with van der Waals surface area (Å²) in [7, 11) is 0. The molecule has 0 amide bonds. The van der Waals surface area contributed by atoms with Gasteiger partial charge in [-0.3, -0.25) is 0 Å². The minimum absolute atomic E-state index is 0.216. The van der Waals surface area contributed by atoms with Gasteiger partial charge in [-0.2, -0.15) is 12.6 Å². The van der Waals surface area contributed by atoms with E-state index in [0.29, 0.717) is 5.82 Å². The molecule has 0 aliphatic rings. The highest BCUT2D eigenvalue weighted by Gasteiger charge is 2.11. The summed E-state index contributed by atoms with van der Waals surface area (Å²) in [5.41, 5.74) is 0.880. The lowest BCUT2D eigenvalue weighted by molar-refractivity contribution is 0.627. The normalized spacial score (nSPS) is 12.4. The summed E-state index contributed by atoms with van der Waals surface area (Å²) >= 11 is 4.40. The van der Waals surface area contributed by atoms with Crippen molar-refractivity contribution in [3.05, 3.63) is 59.9 Å². The van der Waals surface area contributed by atoms with E-state index in [1.807, 2.05) is 0 Å². The van der Waals surface area contributed by atoms with Gasteiger partial charge in [0, 0.05) is 12.4 Å². The second-order valence-corrected chi connectivity index (χ2v) is 3.58. The Hall–Kier alpha value is -1.42. The fourth-order valence-corrected chi connectivity index (χ4v) is 1.55. The molecule has 2 aromatic rings. The van der Waals surface area contributed by atoms with E-state index < -0.39 is 0 Å². The summed E-state index contributed by atoms with van der Waals surface area (Å²) in [5.74, 6) is 0.362. The Kier molecular flexibility index (Phi) is 2.97. The van der Waals surface area contributed by atoms with Gasteiger partial charge < -0.3 is 0 Å². The molecule has 1 aromatic heterocycles. The standard InChI is InChI=1S/C11H9FN2S/c12-9-4-2-8(3-5-9)10(15)11-13-6-1-7-14-11/h1-7,10,15H. The number of halogens is 1. The van der Waals surface area contributed by atoms with E-state index in [9.17, 15) is 4.39 Å². The number of nitrogens with zero attached hydrogens (tertiary/aromatic N) is 2. The zero-order valence-corrected chi connectivity index (χ0v) is 8.73. The molecule has 0 N–H and O–H groups in total. The van der Waals surface area contributed by atoms with Crippen LogP contribution in [0.3, 0.4) is 0 Å². The van der Waals surface area contributed by atoms with Gasteiger partial charge in [0.05, 0.1) is 5.25 Å². The molecule has 76 valence electrons. The van der Waals surface area contributed by atoms with Crippen molar-refractivity contribution < 1.29 is 4.39 Å². The van der Waals surface area contributed by atoms with Gasteiger partial charge in [0.15, 0.2) is 0 Å². The van der Waals surface area contributed by atoms with Crippen LogP contribution in [0.2, 0.25) is 0 Å². The SMILES string of the molecule is Fc1ccc(C(S)c2ncccn2)cc1. The predicted octanol–water partition coefficient (Wildman–Crippen LogP) is 2.63. The van der Waals surface area contributed by atoms with E-state index >= 15 is 0 Å². The summed E-state index contributed by atoms with van der Waals surface area (Å²) < 4.78 is 12.7. The first-order valence-electron chi connectivity index (χ1n) is 4.48. The van der Waals surface area contributed by atoms with Crippen LogP contribution in [-0.2, 0) is 0 Å². The predicted molar refractivity (Wildman–Crippen MR) is 59.3 cm³/mol. The maximum atomic E-state index is 12.7. The zero-order valence-electron chi connectivity index (χ0n) is 7.84. The van der Waals surface area contributed by atoms with Crippen LogP contribution in [0.15, 0.2) is 42.7 Å². The molecule has 0 aliphatic heterocycles. The largest absolute Gasteiger partial charge is 0.240 e. The van der Waals surface area contributed by atoms with E-state index in [4.69, 9.17) is 0 Å². The van der Waals surface area contributed by atoms with Gasteiger partial charge in [0.1, 0.15) is 11.6 Å². The van der Waals surface area contributed by atoms with Gasteiger partial charge in [0.2, 0.25) is 0 Å². The highest BCUT2D eigenvalue weighted by atomic mass is 32.1. The van der Waals surface area contributed by atoms with Crippen LogP contribution in [0.5, 0.6) is 0 Å². The Labute approximate surface area is 92.6 Å². The summed E-state index contributed by atoms with van der Waals surface area (Å²) in [5, 5.41) is -0.216. The maximum Gasteiger partial charge on any atom is 0.145 e. The lowest BCUT2D eigenvalue weighted by atomic mass is 10.1. The monoisotopic (exact) mass is 220 g/mol. The van der Waals surface area contributed by atoms with E-state index in [1.54, 1.807) is 30.6 Å². The number of rotatable bonds is 2. The van der Waals surface area contributed by atoms with Crippen molar-refractivity contribution in [3.8, 4) is 0 Å². The molecule has 0 saturated heterocycles. The average molecular weight is 220 g/mol.